The van der Waals surface area contributed by atoms with Crippen LogP contribution >= 0.6 is 0 Å². The predicted octanol–water partition coefficient (Wildman–Crippen LogP) is 2.78. The SMILES string of the molecule is CCCOC(=O)c1ccc(NC(=O)NC2CCN(C(=O)C3CC3)CC2)cc1. The van der Waals surface area contributed by atoms with Gasteiger partial charge in [0.15, 0.2) is 0 Å². The molecule has 7 nitrogen and oxygen atoms in total. The van der Waals surface area contributed by atoms with Crippen LogP contribution < -0.4 is 10.6 Å². The van der Waals surface area contributed by atoms with Gasteiger partial charge in [0.25, 0.3) is 0 Å². The molecule has 3 rings (SSSR count). The Hall–Kier alpha value is -2.57. The summed E-state index contributed by atoms with van der Waals surface area (Å²) in [5, 5.41) is 5.74. The minimum absolute atomic E-state index is 0.0662. The van der Waals surface area contributed by atoms with Crippen LogP contribution in [0.1, 0.15) is 49.4 Å². The molecule has 1 aliphatic heterocycles. The van der Waals surface area contributed by atoms with E-state index < -0.39 is 0 Å². The van der Waals surface area contributed by atoms with Crippen molar-refractivity contribution in [2.75, 3.05) is 25.0 Å². The van der Waals surface area contributed by atoms with Gasteiger partial charge in [0, 0.05) is 30.7 Å². The number of nitrogens with zero attached hydrogens (tertiary/aromatic N) is 1. The molecule has 0 bridgehead atoms. The van der Waals surface area contributed by atoms with Gasteiger partial charge < -0.3 is 20.3 Å². The lowest BCUT2D eigenvalue weighted by molar-refractivity contribution is -0.133. The highest BCUT2D eigenvalue weighted by Gasteiger charge is 2.35. The van der Waals surface area contributed by atoms with E-state index in [9.17, 15) is 14.4 Å². The zero-order chi connectivity index (χ0) is 19.2. The first-order chi connectivity index (χ1) is 13.1. The molecule has 27 heavy (non-hydrogen) atoms. The number of anilines is 1. The molecule has 1 saturated heterocycles. The van der Waals surface area contributed by atoms with E-state index in [1.165, 1.54) is 0 Å². The van der Waals surface area contributed by atoms with Gasteiger partial charge in [-0.15, -0.1) is 0 Å². The highest BCUT2D eigenvalue weighted by molar-refractivity contribution is 5.92. The summed E-state index contributed by atoms with van der Waals surface area (Å²) in [6.07, 6.45) is 4.37. The Labute approximate surface area is 159 Å². The maximum absolute atomic E-state index is 12.2. The number of hydrogen-bond acceptors (Lipinski definition) is 4. The summed E-state index contributed by atoms with van der Waals surface area (Å²) in [5.41, 5.74) is 1.07. The van der Waals surface area contributed by atoms with Crippen LogP contribution in [-0.4, -0.2) is 48.5 Å². The lowest BCUT2D eigenvalue weighted by Crippen LogP contribution is -2.47. The Balaban J connectivity index is 1.41. The van der Waals surface area contributed by atoms with Crippen molar-refractivity contribution in [1.29, 1.82) is 0 Å². The molecule has 0 aromatic heterocycles. The summed E-state index contributed by atoms with van der Waals surface area (Å²) in [6, 6.07) is 6.42. The van der Waals surface area contributed by atoms with E-state index in [0.717, 1.165) is 32.1 Å². The maximum atomic E-state index is 12.2. The van der Waals surface area contributed by atoms with Crippen molar-refractivity contribution in [3.05, 3.63) is 29.8 Å². The molecule has 2 fully saturated rings. The van der Waals surface area contributed by atoms with Crippen LogP contribution in [-0.2, 0) is 9.53 Å². The number of carbonyl (C=O) groups is 3. The number of carbonyl (C=O) groups excluding carboxylic acids is 3. The molecule has 1 aromatic carbocycles. The van der Waals surface area contributed by atoms with Crippen molar-refractivity contribution < 1.29 is 19.1 Å². The fraction of sp³-hybridized carbons (Fsp3) is 0.550. The van der Waals surface area contributed by atoms with E-state index in [1.807, 2.05) is 11.8 Å². The molecule has 0 atom stereocenters. The van der Waals surface area contributed by atoms with Gasteiger partial charge in [0.05, 0.1) is 12.2 Å². The number of benzene rings is 1. The average Bonchev–Trinajstić information content (AvgIpc) is 3.52. The topological polar surface area (TPSA) is 87.7 Å². The Morgan fingerprint density at radius 3 is 2.33 bits per heavy atom. The van der Waals surface area contributed by atoms with E-state index in [1.54, 1.807) is 24.3 Å². The molecule has 0 unspecified atom stereocenters. The predicted molar refractivity (Wildman–Crippen MR) is 101 cm³/mol. The van der Waals surface area contributed by atoms with Gasteiger partial charge in [0.1, 0.15) is 0 Å². The van der Waals surface area contributed by atoms with Crippen LogP contribution in [0.3, 0.4) is 0 Å². The minimum Gasteiger partial charge on any atom is -0.462 e. The monoisotopic (exact) mass is 373 g/mol. The average molecular weight is 373 g/mol. The molecular formula is C20H27N3O4. The van der Waals surface area contributed by atoms with Crippen molar-refractivity contribution in [2.24, 2.45) is 5.92 Å². The summed E-state index contributed by atoms with van der Waals surface area (Å²) in [7, 11) is 0. The zero-order valence-corrected chi connectivity index (χ0v) is 15.7. The third-order valence-electron chi connectivity index (χ3n) is 4.88. The molecule has 0 radical (unpaired) electrons. The number of rotatable bonds is 6. The number of likely N-dealkylation sites (tertiary alicyclic amines) is 1. The molecule has 1 heterocycles. The largest absolute Gasteiger partial charge is 0.462 e. The Morgan fingerprint density at radius 1 is 1.07 bits per heavy atom. The van der Waals surface area contributed by atoms with E-state index in [4.69, 9.17) is 4.74 Å². The first-order valence-corrected chi connectivity index (χ1v) is 9.70. The molecule has 2 aliphatic rings. The van der Waals surface area contributed by atoms with Crippen LogP contribution in [0.4, 0.5) is 10.5 Å². The highest BCUT2D eigenvalue weighted by Crippen LogP contribution is 2.31. The van der Waals surface area contributed by atoms with Gasteiger partial charge in [-0.05, 0) is 56.4 Å². The molecule has 1 saturated carbocycles. The second-order valence-electron chi connectivity index (χ2n) is 7.19. The Bertz CT molecular complexity index is 677. The van der Waals surface area contributed by atoms with Gasteiger partial charge in [-0.25, -0.2) is 9.59 Å². The van der Waals surface area contributed by atoms with E-state index in [2.05, 4.69) is 10.6 Å². The van der Waals surface area contributed by atoms with Crippen molar-refractivity contribution >= 4 is 23.6 Å². The number of amides is 3. The number of esters is 1. The highest BCUT2D eigenvalue weighted by atomic mass is 16.5. The van der Waals surface area contributed by atoms with Gasteiger partial charge in [-0.3, -0.25) is 4.79 Å². The summed E-state index contributed by atoms with van der Waals surface area (Å²) in [6.45, 7) is 3.74. The Kier molecular flexibility index (Phi) is 6.32. The van der Waals surface area contributed by atoms with E-state index >= 15 is 0 Å². The third-order valence-corrected chi connectivity index (χ3v) is 4.88. The van der Waals surface area contributed by atoms with Crippen molar-refractivity contribution in [2.45, 2.75) is 45.1 Å². The van der Waals surface area contributed by atoms with Crippen LogP contribution in [0.2, 0.25) is 0 Å². The fourth-order valence-electron chi connectivity index (χ4n) is 3.15. The van der Waals surface area contributed by atoms with Crippen molar-refractivity contribution in [3.63, 3.8) is 0 Å². The van der Waals surface area contributed by atoms with Crippen LogP contribution in [0.5, 0.6) is 0 Å². The summed E-state index contributed by atoms with van der Waals surface area (Å²) in [5.74, 6) is 0.163. The van der Waals surface area contributed by atoms with Gasteiger partial charge >= 0.3 is 12.0 Å². The van der Waals surface area contributed by atoms with Crippen LogP contribution in [0.25, 0.3) is 0 Å². The van der Waals surface area contributed by atoms with Crippen molar-refractivity contribution in [3.8, 4) is 0 Å². The van der Waals surface area contributed by atoms with Crippen LogP contribution in [0, 0.1) is 5.92 Å². The van der Waals surface area contributed by atoms with Crippen molar-refractivity contribution in [1.82, 2.24) is 10.2 Å². The van der Waals surface area contributed by atoms with Gasteiger partial charge in [-0.1, -0.05) is 6.92 Å². The second-order valence-corrected chi connectivity index (χ2v) is 7.19. The van der Waals surface area contributed by atoms with Gasteiger partial charge in [-0.2, -0.15) is 0 Å². The Morgan fingerprint density at radius 2 is 1.74 bits per heavy atom. The van der Waals surface area contributed by atoms with Crippen LogP contribution in [0.15, 0.2) is 24.3 Å². The smallest absolute Gasteiger partial charge is 0.338 e. The molecule has 146 valence electrons. The normalized spacial score (nSPS) is 17.3. The zero-order valence-electron chi connectivity index (χ0n) is 15.7. The molecule has 1 aliphatic carbocycles. The van der Waals surface area contributed by atoms with E-state index in [0.29, 0.717) is 30.9 Å². The quantitative estimate of drug-likeness (QED) is 0.751. The minimum atomic E-state index is -0.361. The maximum Gasteiger partial charge on any atom is 0.338 e. The molecule has 1 aromatic rings. The third kappa shape index (κ3) is 5.45. The number of hydrogen-bond donors (Lipinski definition) is 2. The molecular weight excluding hydrogens is 346 g/mol. The van der Waals surface area contributed by atoms with Gasteiger partial charge in [0.2, 0.25) is 5.91 Å². The van der Waals surface area contributed by atoms with E-state index in [-0.39, 0.29) is 29.9 Å². The first kappa shape index (κ1) is 19.2. The number of ether oxygens (including phenoxy) is 1. The lowest BCUT2D eigenvalue weighted by atomic mass is 10.0. The molecule has 3 amide bonds. The fourth-order valence-corrected chi connectivity index (χ4v) is 3.15. The molecule has 7 heteroatoms. The standard InChI is InChI=1S/C20H27N3O4/c1-2-13-27-19(25)15-5-7-16(8-6-15)21-20(26)22-17-9-11-23(12-10-17)18(24)14-3-4-14/h5-8,14,17H,2-4,9-13H2,1H3,(H2,21,22,26). The molecule has 0 spiro atoms. The summed E-state index contributed by atoms with van der Waals surface area (Å²) < 4.78 is 5.08. The first-order valence-electron chi connectivity index (χ1n) is 9.70. The number of urea groups is 1. The number of nitrogens with one attached hydrogen (secondary N) is 2. The summed E-state index contributed by atoms with van der Waals surface area (Å²) >= 11 is 0. The number of piperidine rings is 1. The summed E-state index contributed by atoms with van der Waals surface area (Å²) in [4.78, 5) is 37.9. The molecule has 2 N–H and O–H groups in total. The second kappa shape index (κ2) is 8.88. The lowest BCUT2D eigenvalue weighted by Gasteiger charge is -2.32.